The monoisotopic (exact) mass is 159 g/mol. The highest BCUT2D eigenvalue weighted by molar-refractivity contribution is 5.81. The summed E-state index contributed by atoms with van der Waals surface area (Å²) < 4.78 is 4.67. The number of rotatable bonds is 5. The molecule has 0 rings (SSSR count). The molecule has 0 saturated carbocycles. The van der Waals surface area contributed by atoms with Crippen molar-refractivity contribution in [2.75, 3.05) is 13.2 Å². The number of nitrogens with one attached hydrogen (secondary N) is 1. The molecule has 2 N–H and O–H groups in total. The third kappa shape index (κ3) is 4.52. The van der Waals surface area contributed by atoms with Gasteiger partial charge in [0.1, 0.15) is 0 Å². The second-order valence-corrected chi connectivity index (χ2v) is 1.87. The first-order valence-electron chi connectivity index (χ1n) is 3.41. The molecular formula is C7H13NO3. The zero-order chi connectivity index (χ0) is 8.69. The Morgan fingerprint density at radius 2 is 2.55 bits per heavy atom. The van der Waals surface area contributed by atoms with E-state index >= 15 is 0 Å². The molecule has 0 aromatic heterocycles. The third-order valence-corrected chi connectivity index (χ3v) is 1.02. The van der Waals surface area contributed by atoms with Crippen molar-refractivity contribution in [3.05, 3.63) is 12.7 Å². The standard InChI is InChI=1S/C7H13NO3/c1-3-7(10)11-6(5-9)8-4-2/h3,6,8-9H,1,4-5H2,2H3. The van der Waals surface area contributed by atoms with Crippen LogP contribution >= 0.6 is 0 Å². The van der Waals surface area contributed by atoms with E-state index in [-0.39, 0.29) is 6.61 Å². The minimum absolute atomic E-state index is 0.229. The highest BCUT2D eigenvalue weighted by atomic mass is 16.6. The lowest BCUT2D eigenvalue weighted by Crippen LogP contribution is -2.36. The molecule has 0 aromatic rings. The number of ether oxygens (including phenoxy) is 1. The highest BCUT2D eigenvalue weighted by Crippen LogP contribution is 1.87. The van der Waals surface area contributed by atoms with Gasteiger partial charge < -0.3 is 9.84 Å². The van der Waals surface area contributed by atoms with E-state index < -0.39 is 12.2 Å². The Morgan fingerprint density at radius 3 is 2.91 bits per heavy atom. The maximum Gasteiger partial charge on any atom is 0.331 e. The summed E-state index contributed by atoms with van der Waals surface area (Å²) in [4.78, 5) is 10.6. The molecule has 0 aromatic carbocycles. The molecule has 4 nitrogen and oxygen atoms in total. The number of aliphatic hydroxyl groups is 1. The summed E-state index contributed by atoms with van der Waals surface area (Å²) in [6, 6.07) is 0. The van der Waals surface area contributed by atoms with Crippen LogP contribution in [0.15, 0.2) is 12.7 Å². The maximum atomic E-state index is 10.6. The number of hydrogen-bond acceptors (Lipinski definition) is 4. The maximum absolute atomic E-state index is 10.6. The number of likely N-dealkylation sites (N-methyl/N-ethyl adjacent to an activating group) is 1. The number of aliphatic hydroxyl groups excluding tert-OH is 1. The van der Waals surface area contributed by atoms with Crippen LogP contribution < -0.4 is 5.32 Å². The van der Waals surface area contributed by atoms with E-state index in [0.717, 1.165) is 6.08 Å². The second-order valence-electron chi connectivity index (χ2n) is 1.87. The molecule has 0 aliphatic heterocycles. The van der Waals surface area contributed by atoms with Gasteiger partial charge >= 0.3 is 5.97 Å². The molecule has 0 bridgehead atoms. The number of carbonyl (C=O) groups excluding carboxylic acids is 1. The van der Waals surface area contributed by atoms with Crippen LogP contribution in [-0.4, -0.2) is 30.5 Å². The highest BCUT2D eigenvalue weighted by Gasteiger charge is 2.07. The zero-order valence-electron chi connectivity index (χ0n) is 6.54. The number of carbonyl (C=O) groups is 1. The van der Waals surface area contributed by atoms with Crippen molar-refractivity contribution < 1.29 is 14.6 Å². The van der Waals surface area contributed by atoms with Gasteiger partial charge in [-0.25, -0.2) is 4.79 Å². The Morgan fingerprint density at radius 1 is 1.91 bits per heavy atom. The van der Waals surface area contributed by atoms with Crippen molar-refractivity contribution in [3.63, 3.8) is 0 Å². The van der Waals surface area contributed by atoms with E-state index in [2.05, 4.69) is 16.6 Å². The van der Waals surface area contributed by atoms with Crippen LogP contribution in [0.4, 0.5) is 0 Å². The molecule has 0 heterocycles. The van der Waals surface area contributed by atoms with Crippen LogP contribution in [0.1, 0.15) is 6.92 Å². The molecule has 1 unspecified atom stereocenters. The van der Waals surface area contributed by atoms with Crippen LogP contribution in [0, 0.1) is 0 Å². The molecule has 0 aliphatic rings. The molecule has 0 fully saturated rings. The van der Waals surface area contributed by atoms with Crippen molar-refractivity contribution in [2.24, 2.45) is 0 Å². The topological polar surface area (TPSA) is 58.6 Å². The van der Waals surface area contributed by atoms with E-state index in [1.807, 2.05) is 6.92 Å². The van der Waals surface area contributed by atoms with Gasteiger partial charge in [-0.1, -0.05) is 13.5 Å². The molecule has 0 aliphatic carbocycles. The molecule has 0 radical (unpaired) electrons. The first-order chi connectivity index (χ1) is 5.24. The van der Waals surface area contributed by atoms with Gasteiger partial charge in [0, 0.05) is 6.08 Å². The van der Waals surface area contributed by atoms with Gasteiger partial charge in [-0.05, 0) is 6.54 Å². The molecule has 0 spiro atoms. The molecular weight excluding hydrogens is 146 g/mol. The van der Waals surface area contributed by atoms with Gasteiger partial charge in [0.25, 0.3) is 0 Å². The van der Waals surface area contributed by atoms with E-state index in [4.69, 9.17) is 5.11 Å². The first-order valence-corrected chi connectivity index (χ1v) is 3.41. The minimum atomic E-state index is -0.620. The van der Waals surface area contributed by atoms with Crippen molar-refractivity contribution in [1.29, 1.82) is 0 Å². The second kappa shape index (κ2) is 5.88. The summed E-state index contributed by atoms with van der Waals surface area (Å²) in [7, 11) is 0. The van der Waals surface area contributed by atoms with Gasteiger partial charge in [0.15, 0.2) is 6.23 Å². The summed E-state index contributed by atoms with van der Waals surface area (Å²) >= 11 is 0. The van der Waals surface area contributed by atoms with Crippen LogP contribution in [-0.2, 0) is 9.53 Å². The Bertz CT molecular complexity index is 136. The van der Waals surface area contributed by atoms with Gasteiger partial charge in [-0.15, -0.1) is 0 Å². The fraction of sp³-hybridized carbons (Fsp3) is 0.571. The first kappa shape index (κ1) is 10.1. The normalized spacial score (nSPS) is 12.2. The fourth-order valence-electron chi connectivity index (χ4n) is 0.559. The Kier molecular flexibility index (Phi) is 5.42. The quantitative estimate of drug-likeness (QED) is 0.327. The lowest BCUT2D eigenvalue weighted by molar-refractivity contribution is -0.146. The summed E-state index contributed by atoms with van der Waals surface area (Å²) in [5.41, 5.74) is 0. The average molecular weight is 159 g/mol. The van der Waals surface area contributed by atoms with Crippen LogP contribution in [0.2, 0.25) is 0 Å². The van der Waals surface area contributed by atoms with Gasteiger partial charge in [0.2, 0.25) is 0 Å². The zero-order valence-corrected chi connectivity index (χ0v) is 6.54. The minimum Gasteiger partial charge on any atom is -0.441 e. The molecule has 1 atom stereocenters. The smallest absolute Gasteiger partial charge is 0.331 e. The fourth-order valence-corrected chi connectivity index (χ4v) is 0.559. The van der Waals surface area contributed by atoms with Gasteiger partial charge in [-0.3, -0.25) is 5.32 Å². The lowest BCUT2D eigenvalue weighted by atomic mass is 10.5. The van der Waals surface area contributed by atoms with E-state index in [1.54, 1.807) is 0 Å². The van der Waals surface area contributed by atoms with E-state index in [0.29, 0.717) is 6.54 Å². The molecule has 4 heteroatoms. The molecule has 11 heavy (non-hydrogen) atoms. The summed E-state index contributed by atoms with van der Waals surface area (Å²) in [5, 5.41) is 11.4. The molecule has 0 saturated heterocycles. The SMILES string of the molecule is C=CC(=O)OC(CO)NCC. The van der Waals surface area contributed by atoms with E-state index in [9.17, 15) is 4.79 Å². The predicted octanol–water partition coefficient (Wildman–Crippen LogP) is -0.357. The summed E-state index contributed by atoms with van der Waals surface area (Å²) in [6.45, 7) is 5.48. The summed E-state index contributed by atoms with van der Waals surface area (Å²) in [5.74, 6) is -0.537. The van der Waals surface area contributed by atoms with Crippen molar-refractivity contribution in [2.45, 2.75) is 13.2 Å². The largest absolute Gasteiger partial charge is 0.441 e. The number of hydrogen-bond donors (Lipinski definition) is 2. The predicted molar refractivity (Wildman–Crippen MR) is 40.8 cm³/mol. The Hall–Kier alpha value is -0.870. The Labute approximate surface area is 65.9 Å². The summed E-state index contributed by atoms with van der Waals surface area (Å²) in [6.07, 6.45) is 0.436. The van der Waals surface area contributed by atoms with E-state index in [1.165, 1.54) is 0 Å². The van der Waals surface area contributed by atoms with Crippen molar-refractivity contribution in [3.8, 4) is 0 Å². The van der Waals surface area contributed by atoms with Crippen molar-refractivity contribution >= 4 is 5.97 Å². The van der Waals surface area contributed by atoms with Gasteiger partial charge in [0.05, 0.1) is 6.61 Å². The van der Waals surface area contributed by atoms with Gasteiger partial charge in [-0.2, -0.15) is 0 Å². The third-order valence-electron chi connectivity index (χ3n) is 1.02. The molecule has 0 amide bonds. The number of esters is 1. The average Bonchev–Trinajstić information content (AvgIpc) is 2.03. The lowest BCUT2D eigenvalue weighted by Gasteiger charge is -2.14. The molecule has 64 valence electrons. The van der Waals surface area contributed by atoms with Crippen LogP contribution in [0.5, 0.6) is 0 Å². The van der Waals surface area contributed by atoms with Crippen LogP contribution in [0.3, 0.4) is 0 Å². The van der Waals surface area contributed by atoms with Crippen molar-refractivity contribution in [1.82, 2.24) is 5.32 Å². The van der Waals surface area contributed by atoms with Crippen LogP contribution in [0.25, 0.3) is 0 Å². The Balaban J connectivity index is 3.67.